The molecule has 1 atom stereocenters. The molecule has 1 aliphatic rings. The van der Waals surface area contributed by atoms with E-state index in [2.05, 4.69) is 51.6 Å². The van der Waals surface area contributed by atoms with Crippen molar-refractivity contribution >= 4 is 39.5 Å². The predicted octanol–water partition coefficient (Wildman–Crippen LogP) is 4.54. The quantitative estimate of drug-likeness (QED) is 0.539. The molecule has 3 aromatic rings. The maximum atomic E-state index is 10.6. The van der Waals surface area contributed by atoms with E-state index in [9.17, 15) is 5.11 Å². The smallest absolute Gasteiger partial charge is 0.0804 e. The first kappa shape index (κ1) is 22.1. The Hall–Kier alpha value is -1.63. The normalized spacial score (nSPS) is 16.6. The van der Waals surface area contributed by atoms with Crippen LogP contribution in [-0.2, 0) is 6.54 Å². The number of piperazine rings is 1. The fourth-order valence-corrected chi connectivity index (χ4v) is 4.98. The molecule has 4 nitrogen and oxygen atoms in total. The second kappa shape index (κ2) is 10.4. The monoisotopic (exact) mass is 431 g/mol. The average molecular weight is 432 g/mol. The first-order chi connectivity index (χ1) is 13.7. The minimum absolute atomic E-state index is 0. The summed E-state index contributed by atoms with van der Waals surface area (Å²) in [6.45, 7) is 6.47. The fourth-order valence-electron chi connectivity index (χ4n) is 3.97. The summed E-state index contributed by atoms with van der Waals surface area (Å²) in [5, 5.41) is 14.0. The van der Waals surface area contributed by atoms with E-state index in [0.29, 0.717) is 0 Å². The number of rotatable bonds is 7. The number of hydrogen-bond donors (Lipinski definition) is 2. The van der Waals surface area contributed by atoms with Gasteiger partial charge in [0.05, 0.1) is 6.10 Å². The van der Waals surface area contributed by atoms with Gasteiger partial charge < -0.3 is 15.7 Å². The van der Waals surface area contributed by atoms with Gasteiger partial charge in [-0.2, -0.15) is 0 Å². The summed E-state index contributed by atoms with van der Waals surface area (Å²) in [6.07, 6.45) is 1.50. The third-order valence-electron chi connectivity index (χ3n) is 5.67. The molecule has 0 bridgehead atoms. The summed E-state index contributed by atoms with van der Waals surface area (Å²) in [5.74, 6) is 0. The molecule has 0 saturated carbocycles. The van der Waals surface area contributed by atoms with Crippen LogP contribution in [0.3, 0.4) is 0 Å². The Labute approximate surface area is 183 Å². The molecule has 29 heavy (non-hydrogen) atoms. The Morgan fingerprint density at radius 2 is 1.66 bits per heavy atom. The number of nitrogen functional groups attached to an aromatic ring is 1. The molecule has 2 heterocycles. The van der Waals surface area contributed by atoms with Crippen LogP contribution in [0.2, 0.25) is 0 Å². The number of hydrogen-bond acceptors (Lipinski definition) is 5. The molecule has 3 N–H and O–H groups in total. The average Bonchev–Trinajstić information content (AvgIpc) is 3.15. The second-order valence-corrected chi connectivity index (χ2v) is 8.62. The summed E-state index contributed by atoms with van der Waals surface area (Å²) >= 11 is 1.72. The van der Waals surface area contributed by atoms with E-state index in [0.717, 1.165) is 63.4 Å². The molecule has 1 aromatic heterocycles. The topological polar surface area (TPSA) is 52.7 Å². The molecule has 1 saturated heterocycles. The van der Waals surface area contributed by atoms with Crippen molar-refractivity contribution in [3.05, 3.63) is 65.0 Å². The first-order valence-corrected chi connectivity index (χ1v) is 11.0. The van der Waals surface area contributed by atoms with E-state index >= 15 is 0 Å². The molecule has 0 aliphatic carbocycles. The number of halogens is 1. The Morgan fingerprint density at radius 1 is 0.966 bits per heavy atom. The van der Waals surface area contributed by atoms with Crippen molar-refractivity contribution in [3.63, 3.8) is 0 Å². The van der Waals surface area contributed by atoms with Crippen molar-refractivity contribution in [1.82, 2.24) is 9.80 Å². The zero-order valence-corrected chi connectivity index (χ0v) is 18.3. The van der Waals surface area contributed by atoms with Gasteiger partial charge in [0.2, 0.25) is 0 Å². The lowest BCUT2D eigenvalue weighted by Crippen LogP contribution is -2.46. The molecule has 1 aliphatic heterocycles. The van der Waals surface area contributed by atoms with Crippen molar-refractivity contribution < 1.29 is 5.11 Å². The Kier molecular flexibility index (Phi) is 7.92. The molecular weight excluding hydrogens is 402 g/mol. The number of aliphatic hydroxyl groups is 1. The van der Waals surface area contributed by atoms with Gasteiger partial charge in [-0.15, -0.1) is 23.7 Å². The Morgan fingerprint density at radius 3 is 2.41 bits per heavy atom. The van der Waals surface area contributed by atoms with Crippen LogP contribution in [0.1, 0.15) is 30.1 Å². The molecule has 1 unspecified atom stereocenters. The van der Waals surface area contributed by atoms with Gasteiger partial charge in [0.25, 0.3) is 0 Å². The minimum atomic E-state index is -0.358. The summed E-state index contributed by atoms with van der Waals surface area (Å²) in [7, 11) is 0. The third kappa shape index (κ3) is 5.71. The molecule has 0 radical (unpaired) electrons. The van der Waals surface area contributed by atoms with Gasteiger partial charge in [-0.05, 0) is 59.5 Å². The molecular formula is C23H30ClN3OS. The lowest BCUT2D eigenvalue weighted by Gasteiger charge is -2.34. The summed E-state index contributed by atoms with van der Waals surface area (Å²) < 4.78 is 1.26. The summed E-state index contributed by atoms with van der Waals surface area (Å²) in [4.78, 5) is 5.03. The van der Waals surface area contributed by atoms with Crippen LogP contribution in [0.25, 0.3) is 10.1 Å². The van der Waals surface area contributed by atoms with Crippen LogP contribution in [0, 0.1) is 0 Å². The maximum absolute atomic E-state index is 10.6. The highest BCUT2D eigenvalue weighted by molar-refractivity contribution is 7.17. The largest absolute Gasteiger partial charge is 0.399 e. The first-order valence-electron chi connectivity index (χ1n) is 10.1. The van der Waals surface area contributed by atoms with Gasteiger partial charge in [-0.3, -0.25) is 4.90 Å². The van der Waals surface area contributed by atoms with Crippen molar-refractivity contribution in [2.24, 2.45) is 0 Å². The molecule has 1 fully saturated rings. The van der Waals surface area contributed by atoms with E-state index < -0.39 is 0 Å². The molecule has 4 rings (SSSR count). The predicted molar refractivity (Wildman–Crippen MR) is 126 cm³/mol. The number of anilines is 1. The number of benzene rings is 2. The van der Waals surface area contributed by atoms with Gasteiger partial charge in [0.1, 0.15) is 0 Å². The van der Waals surface area contributed by atoms with Crippen LogP contribution < -0.4 is 5.73 Å². The number of thiophene rings is 1. The zero-order chi connectivity index (χ0) is 19.3. The van der Waals surface area contributed by atoms with E-state index in [1.54, 1.807) is 11.3 Å². The van der Waals surface area contributed by atoms with Gasteiger partial charge in [-0.1, -0.05) is 30.3 Å². The van der Waals surface area contributed by atoms with Crippen LogP contribution in [0.4, 0.5) is 5.69 Å². The van der Waals surface area contributed by atoms with Crippen LogP contribution in [0.15, 0.2) is 53.9 Å². The fraction of sp³-hybridized carbons (Fsp3) is 0.391. The van der Waals surface area contributed by atoms with Gasteiger partial charge in [0, 0.05) is 43.1 Å². The molecule has 0 amide bonds. The lowest BCUT2D eigenvalue weighted by molar-refractivity contribution is 0.115. The van der Waals surface area contributed by atoms with Gasteiger partial charge >= 0.3 is 0 Å². The second-order valence-electron chi connectivity index (χ2n) is 7.70. The summed E-state index contributed by atoms with van der Waals surface area (Å²) in [5.41, 5.74) is 9.01. The van der Waals surface area contributed by atoms with Crippen molar-refractivity contribution in [2.45, 2.75) is 25.5 Å². The van der Waals surface area contributed by atoms with Crippen molar-refractivity contribution in [2.75, 3.05) is 38.5 Å². The zero-order valence-electron chi connectivity index (χ0n) is 16.7. The Bertz CT molecular complexity index is 891. The highest BCUT2D eigenvalue weighted by Gasteiger charge is 2.18. The van der Waals surface area contributed by atoms with Crippen LogP contribution in [0.5, 0.6) is 0 Å². The van der Waals surface area contributed by atoms with Crippen molar-refractivity contribution in [3.8, 4) is 0 Å². The van der Waals surface area contributed by atoms with E-state index in [4.69, 9.17) is 5.73 Å². The van der Waals surface area contributed by atoms with E-state index in [-0.39, 0.29) is 18.5 Å². The van der Waals surface area contributed by atoms with Crippen molar-refractivity contribution in [1.29, 1.82) is 0 Å². The minimum Gasteiger partial charge on any atom is -0.399 e. The third-order valence-corrected chi connectivity index (χ3v) is 6.65. The maximum Gasteiger partial charge on any atom is 0.0804 e. The highest BCUT2D eigenvalue weighted by Crippen LogP contribution is 2.32. The highest BCUT2D eigenvalue weighted by atomic mass is 35.5. The SMILES string of the molecule is Cl.Nc1ccc(CN2CCN(CCCC(O)c3csc4ccccc34)CC2)cc1. The van der Waals surface area contributed by atoms with E-state index in [1.165, 1.54) is 15.6 Å². The molecule has 0 spiro atoms. The van der Waals surface area contributed by atoms with Crippen LogP contribution in [-0.4, -0.2) is 47.6 Å². The summed E-state index contributed by atoms with van der Waals surface area (Å²) in [6, 6.07) is 16.6. The molecule has 6 heteroatoms. The number of fused-ring (bicyclic) bond motifs is 1. The van der Waals surface area contributed by atoms with Gasteiger partial charge in [-0.25, -0.2) is 0 Å². The number of nitrogens with two attached hydrogens (primary N) is 1. The van der Waals surface area contributed by atoms with Gasteiger partial charge in [0.15, 0.2) is 0 Å². The molecule has 156 valence electrons. The van der Waals surface area contributed by atoms with E-state index in [1.807, 2.05) is 12.1 Å². The number of nitrogens with zero attached hydrogens (tertiary/aromatic N) is 2. The molecule has 2 aromatic carbocycles. The lowest BCUT2D eigenvalue weighted by atomic mass is 10.0. The van der Waals surface area contributed by atoms with Crippen LogP contribution >= 0.6 is 23.7 Å². The standard InChI is InChI=1S/C23H29N3OS.ClH/c24-19-9-7-18(8-10-19)16-26-14-12-25(13-15-26)11-3-5-22(27)21-17-28-23-6-2-1-4-20(21)23;/h1-2,4,6-10,17,22,27H,3,5,11-16,24H2;1H. The number of aliphatic hydroxyl groups excluding tert-OH is 1. The Balaban J connectivity index is 0.00000240.